The predicted molar refractivity (Wildman–Crippen MR) is 54.2 cm³/mol. The summed E-state index contributed by atoms with van der Waals surface area (Å²) in [7, 11) is 0. The molecule has 1 unspecified atom stereocenters. The zero-order valence-corrected chi connectivity index (χ0v) is 8.06. The van der Waals surface area contributed by atoms with Crippen molar-refractivity contribution < 1.29 is 9.53 Å². The fourth-order valence-electron chi connectivity index (χ4n) is 1.53. The maximum absolute atomic E-state index is 11.4. The molecule has 1 aliphatic rings. The minimum Gasteiger partial charge on any atom is -0.444 e. The van der Waals surface area contributed by atoms with Crippen LogP contribution in [0, 0.1) is 13.8 Å². The van der Waals surface area contributed by atoms with Crippen LogP contribution in [-0.2, 0) is 4.74 Å². The Balaban J connectivity index is 2.27. The minimum atomic E-state index is -0.310. The van der Waals surface area contributed by atoms with E-state index in [1.54, 1.807) is 4.90 Å². The highest BCUT2D eigenvalue weighted by Gasteiger charge is 2.29. The van der Waals surface area contributed by atoms with Crippen molar-refractivity contribution >= 4 is 11.8 Å². The van der Waals surface area contributed by atoms with Gasteiger partial charge in [-0.25, -0.2) is 4.79 Å². The monoisotopic (exact) mass is 190 g/mol. The molecule has 0 bridgehead atoms. The lowest BCUT2D eigenvalue weighted by molar-refractivity contribution is 0.159. The lowest BCUT2D eigenvalue weighted by Crippen LogP contribution is -2.23. The van der Waals surface area contributed by atoms with Gasteiger partial charge in [-0.1, -0.05) is 12.1 Å². The quantitative estimate of drug-likeness (QED) is 0.679. The first kappa shape index (κ1) is 9.06. The molecule has 1 fully saturated rings. The number of ether oxygens (including phenoxy) is 1. The topological polar surface area (TPSA) is 29.5 Å². The predicted octanol–water partition coefficient (Wildman–Crippen LogP) is 2.15. The Morgan fingerprint density at radius 2 is 2.36 bits per heavy atom. The van der Waals surface area contributed by atoms with Crippen LogP contribution in [0.4, 0.5) is 10.5 Å². The van der Waals surface area contributed by atoms with E-state index in [-0.39, 0.29) is 12.2 Å². The number of nitrogens with zero attached hydrogens (tertiary/aromatic N) is 1. The number of aryl methyl sites for hydroxylation is 1. The second kappa shape index (κ2) is 3.33. The van der Waals surface area contributed by atoms with Crippen molar-refractivity contribution in [2.75, 3.05) is 11.4 Å². The molecule has 0 aliphatic carbocycles. The highest BCUT2D eigenvalue weighted by atomic mass is 16.6. The number of benzene rings is 1. The van der Waals surface area contributed by atoms with E-state index in [2.05, 4.69) is 6.92 Å². The van der Waals surface area contributed by atoms with Crippen LogP contribution in [0.25, 0.3) is 0 Å². The third-order valence-electron chi connectivity index (χ3n) is 2.19. The van der Waals surface area contributed by atoms with Crippen molar-refractivity contribution in [3.05, 3.63) is 36.8 Å². The van der Waals surface area contributed by atoms with Gasteiger partial charge in [-0.3, -0.25) is 4.90 Å². The Morgan fingerprint density at radius 3 is 2.93 bits per heavy atom. The number of cyclic esters (lactones) is 1. The molecule has 0 saturated carbocycles. The van der Waals surface area contributed by atoms with Crippen molar-refractivity contribution in [2.24, 2.45) is 0 Å². The Labute approximate surface area is 83.3 Å². The molecule has 0 aromatic heterocycles. The summed E-state index contributed by atoms with van der Waals surface area (Å²) in [6, 6.07) is 7.77. The first-order valence-electron chi connectivity index (χ1n) is 4.55. The zero-order chi connectivity index (χ0) is 10.1. The van der Waals surface area contributed by atoms with Crippen molar-refractivity contribution in [2.45, 2.75) is 13.0 Å². The molecule has 1 aromatic carbocycles. The third-order valence-corrected chi connectivity index (χ3v) is 2.19. The molecular formula is C11H12NO2. The van der Waals surface area contributed by atoms with Crippen LogP contribution < -0.4 is 4.90 Å². The van der Waals surface area contributed by atoms with E-state index < -0.39 is 0 Å². The number of carbonyl (C=O) groups is 1. The van der Waals surface area contributed by atoms with E-state index in [0.717, 1.165) is 11.3 Å². The van der Waals surface area contributed by atoms with Crippen molar-refractivity contribution in [3.63, 3.8) is 0 Å². The van der Waals surface area contributed by atoms with E-state index in [1.807, 2.05) is 31.2 Å². The van der Waals surface area contributed by atoms with Gasteiger partial charge in [0.15, 0.2) is 0 Å². The second-order valence-corrected chi connectivity index (χ2v) is 3.46. The van der Waals surface area contributed by atoms with Crippen LogP contribution in [0.2, 0.25) is 0 Å². The van der Waals surface area contributed by atoms with Gasteiger partial charge in [-0.05, 0) is 31.5 Å². The molecular weight excluding hydrogens is 178 g/mol. The fraction of sp³-hybridized carbons (Fsp3) is 0.273. The van der Waals surface area contributed by atoms with Crippen molar-refractivity contribution in [1.29, 1.82) is 0 Å². The normalized spacial score (nSPS) is 21.1. The fourth-order valence-corrected chi connectivity index (χ4v) is 1.53. The number of hydrogen-bond acceptors (Lipinski definition) is 2. The summed E-state index contributed by atoms with van der Waals surface area (Å²) in [5.74, 6) is 0. The van der Waals surface area contributed by atoms with Crippen molar-refractivity contribution in [1.82, 2.24) is 0 Å². The molecule has 0 spiro atoms. The lowest BCUT2D eigenvalue weighted by atomic mass is 10.2. The summed E-state index contributed by atoms with van der Waals surface area (Å²) >= 11 is 0. The summed E-state index contributed by atoms with van der Waals surface area (Å²) in [5, 5.41) is 0. The van der Waals surface area contributed by atoms with Gasteiger partial charge in [0.1, 0.15) is 6.10 Å². The number of hydrogen-bond donors (Lipinski definition) is 0. The highest BCUT2D eigenvalue weighted by molar-refractivity contribution is 5.89. The maximum atomic E-state index is 11.4. The number of anilines is 1. The third kappa shape index (κ3) is 1.58. The molecule has 1 amide bonds. The molecule has 1 atom stereocenters. The maximum Gasteiger partial charge on any atom is 0.414 e. The average molecular weight is 190 g/mol. The Bertz CT molecular complexity index is 362. The van der Waals surface area contributed by atoms with Crippen LogP contribution in [-0.4, -0.2) is 18.7 Å². The first-order chi connectivity index (χ1) is 6.66. The SMILES string of the molecule is [CH2]C1CN(c2cccc(C)c2)C(=O)O1. The van der Waals surface area contributed by atoms with Gasteiger partial charge in [-0.15, -0.1) is 0 Å². The molecule has 2 rings (SSSR count). The van der Waals surface area contributed by atoms with Crippen LogP contribution in [0.15, 0.2) is 24.3 Å². The highest BCUT2D eigenvalue weighted by Crippen LogP contribution is 2.21. The summed E-state index contributed by atoms with van der Waals surface area (Å²) in [4.78, 5) is 13.0. The van der Waals surface area contributed by atoms with E-state index in [1.165, 1.54) is 0 Å². The van der Waals surface area contributed by atoms with Crippen LogP contribution in [0.3, 0.4) is 0 Å². The lowest BCUT2D eigenvalue weighted by Gasteiger charge is -2.12. The Hall–Kier alpha value is -1.51. The molecule has 3 nitrogen and oxygen atoms in total. The Kier molecular flexibility index (Phi) is 2.15. The molecule has 1 aliphatic heterocycles. The van der Waals surface area contributed by atoms with Crippen LogP contribution in [0.5, 0.6) is 0 Å². The van der Waals surface area contributed by atoms with Crippen LogP contribution in [0.1, 0.15) is 5.56 Å². The molecule has 1 radical (unpaired) electrons. The molecule has 1 aromatic rings. The number of carbonyl (C=O) groups excluding carboxylic acids is 1. The van der Waals surface area contributed by atoms with Gasteiger partial charge >= 0.3 is 6.09 Å². The zero-order valence-electron chi connectivity index (χ0n) is 8.06. The molecule has 3 heteroatoms. The van der Waals surface area contributed by atoms with Gasteiger partial charge in [0, 0.05) is 5.69 Å². The van der Waals surface area contributed by atoms with E-state index in [9.17, 15) is 4.79 Å². The molecule has 1 heterocycles. The molecule has 0 N–H and O–H groups in total. The van der Waals surface area contributed by atoms with Gasteiger partial charge < -0.3 is 4.74 Å². The molecule has 73 valence electrons. The Morgan fingerprint density at radius 1 is 1.57 bits per heavy atom. The van der Waals surface area contributed by atoms with Gasteiger partial charge in [-0.2, -0.15) is 0 Å². The summed E-state index contributed by atoms with van der Waals surface area (Å²) in [6.07, 6.45) is -0.571. The van der Waals surface area contributed by atoms with Gasteiger partial charge in [0.2, 0.25) is 0 Å². The van der Waals surface area contributed by atoms with E-state index in [0.29, 0.717) is 6.54 Å². The molecule has 1 saturated heterocycles. The van der Waals surface area contributed by atoms with Gasteiger partial charge in [0.25, 0.3) is 0 Å². The summed E-state index contributed by atoms with van der Waals surface area (Å²) in [5.41, 5.74) is 2.00. The summed E-state index contributed by atoms with van der Waals surface area (Å²) in [6.45, 7) is 6.22. The van der Waals surface area contributed by atoms with Gasteiger partial charge in [0.05, 0.1) is 6.54 Å². The second-order valence-electron chi connectivity index (χ2n) is 3.46. The first-order valence-corrected chi connectivity index (χ1v) is 4.55. The van der Waals surface area contributed by atoms with Crippen molar-refractivity contribution in [3.8, 4) is 0 Å². The van der Waals surface area contributed by atoms with E-state index >= 15 is 0 Å². The number of rotatable bonds is 1. The summed E-state index contributed by atoms with van der Waals surface area (Å²) < 4.78 is 4.94. The number of amides is 1. The largest absolute Gasteiger partial charge is 0.444 e. The smallest absolute Gasteiger partial charge is 0.414 e. The average Bonchev–Trinajstić information content (AvgIpc) is 2.45. The van der Waals surface area contributed by atoms with Crippen LogP contribution >= 0.6 is 0 Å². The standard InChI is InChI=1S/C11H12NO2/c1-8-4-3-5-10(6-8)12-7-9(2)14-11(12)13/h3-6,9H,2,7H2,1H3. The molecule has 14 heavy (non-hydrogen) atoms. The minimum absolute atomic E-state index is 0.261. The van der Waals surface area contributed by atoms with E-state index in [4.69, 9.17) is 4.74 Å².